The van der Waals surface area contributed by atoms with Crippen LogP contribution in [0.1, 0.15) is 49.1 Å². The number of benzene rings is 3. The smallest absolute Gasteiger partial charge is 0.301 e. The summed E-state index contributed by atoms with van der Waals surface area (Å²) in [6.07, 6.45) is 0. The molecule has 1 aromatic heterocycles. The van der Waals surface area contributed by atoms with Crippen molar-refractivity contribution in [3.63, 3.8) is 0 Å². The predicted octanol–water partition coefficient (Wildman–Crippen LogP) is 7.55. The summed E-state index contributed by atoms with van der Waals surface area (Å²) >= 11 is 8.87. The first-order valence-electron chi connectivity index (χ1n) is 12.4. The van der Waals surface area contributed by atoms with Crippen molar-refractivity contribution in [1.29, 1.82) is 0 Å². The molecular formula is C30H25ClFN3O3S2. The van der Waals surface area contributed by atoms with E-state index in [-0.39, 0.29) is 27.4 Å². The van der Waals surface area contributed by atoms with Gasteiger partial charge in [-0.25, -0.2) is 4.39 Å². The Morgan fingerprint density at radius 3 is 2.35 bits per heavy atom. The van der Waals surface area contributed by atoms with Crippen LogP contribution >= 0.6 is 34.7 Å². The molecule has 10 heteroatoms. The maximum atomic E-state index is 13.6. The standard InChI is InChI=1S/C30H25ClFN3O3S2/c1-30(2,3)20-12-8-17(9-13-20)24-23(25(36)18-10-14-21(32)15-11-18)26(37)27(38)35(24)28-33-34-29(40-28)39-16-19-6-4-5-7-22(19)31/h4-15,24,36H,16H2,1-3H3/b25-23-. The summed E-state index contributed by atoms with van der Waals surface area (Å²) in [6.45, 7) is 6.27. The van der Waals surface area contributed by atoms with Gasteiger partial charge in [0.05, 0.1) is 11.6 Å². The number of anilines is 1. The van der Waals surface area contributed by atoms with Crippen LogP contribution in [0.25, 0.3) is 5.76 Å². The van der Waals surface area contributed by atoms with Crippen molar-refractivity contribution in [2.24, 2.45) is 0 Å². The summed E-state index contributed by atoms with van der Waals surface area (Å²) in [5, 5.41) is 20.6. The third-order valence-corrected chi connectivity index (χ3v) is 9.04. The lowest BCUT2D eigenvalue weighted by atomic mass is 9.85. The van der Waals surface area contributed by atoms with Crippen LogP contribution in [0.15, 0.2) is 82.7 Å². The van der Waals surface area contributed by atoms with Gasteiger partial charge in [0.25, 0.3) is 5.78 Å². The fourth-order valence-electron chi connectivity index (χ4n) is 4.39. The third kappa shape index (κ3) is 5.54. The molecule has 1 unspecified atom stereocenters. The molecule has 0 radical (unpaired) electrons. The van der Waals surface area contributed by atoms with E-state index in [1.165, 1.54) is 52.3 Å². The Morgan fingerprint density at radius 1 is 1.02 bits per heavy atom. The van der Waals surface area contributed by atoms with Crippen LogP contribution in [0.5, 0.6) is 0 Å². The van der Waals surface area contributed by atoms with E-state index in [9.17, 15) is 19.1 Å². The van der Waals surface area contributed by atoms with Crippen LogP contribution in [-0.4, -0.2) is 27.0 Å². The Labute approximate surface area is 244 Å². The second kappa shape index (κ2) is 11.2. The monoisotopic (exact) mass is 593 g/mol. The molecule has 1 N–H and O–H groups in total. The largest absolute Gasteiger partial charge is 0.507 e. The van der Waals surface area contributed by atoms with E-state index in [0.29, 0.717) is 20.7 Å². The summed E-state index contributed by atoms with van der Waals surface area (Å²) in [7, 11) is 0. The zero-order valence-electron chi connectivity index (χ0n) is 21.9. The lowest BCUT2D eigenvalue weighted by molar-refractivity contribution is -0.132. The van der Waals surface area contributed by atoms with E-state index in [2.05, 4.69) is 31.0 Å². The molecule has 1 aliphatic rings. The quantitative estimate of drug-likeness (QED) is 0.0817. The van der Waals surface area contributed by atoms with Gasteiger partial charge in [-0.1, -0.05) is 97.9 Å². The number of aliphatic hydroxyl groups excluding tert-OH is 1. The Balaban J connectivity index is 1.56. The molecule has 3 aromatic carbocycles. The Hall–Kier alpha value is -3.53. The van der Waals surface area contributed by atoms with Gasteiger partial charge in [-0.05, 0) is 52.4 Å². The highest BCUT2D eigenvalue weighted by Crippen LogP contribution is 2.44. The summed E-state index contributed by atoms with van der Waals surface area (Å²) < 4.78 is 14.2. The zero-order chi connectivity index (χ0) is 28.6. The number of amides is 1. The van der Waals surface area contributed by atoms with E-state index in [4.69, 9.17) is 11.6 Å². The first kappa shape index (κ1) is 28.0. The second-order valence-corrected chi connectivity index (χ2v) is 12.9. The normalized spacial score (nSPS) is 17.0. The molecule has 6 nitrogen and oxygen atoms in total. The van der Waals surface area contributed by atoms with Gasteiger partial charge in [-0.3, -0.25) is 14.5 Å². The van der Waals surface area contributed by atoms with Crippen molar-refractivity contribution in [3.05, 3.63) is 111 Å². The molecule has 40 heavy (non-hydrogen) atoms. The Morgan fingerprint density at radius 2 is 1.70 bits per heavy atom. The highest BCUT2D eigenvalue weighted by atomic mass is 35.5. The lowest BCUT2D eigenvalue weighted by Gasteiger charge is -2.24. The van der Waals surface area contributed by atoms with Crippen LogP contribution in [0.3, 0.4) is 0 Å². The Bertz CT molecular complexity index is 1610. The molecule has 2 heterocycles. The summed E-state index contributed by atoms with van der Waals surface area (Å²) in [5.41, 5.74) is 2.65. The van der Waals surface area contributed by atoms with Gasteiger partial charge in [0, 0.05) is 16.3 Å². The highest BCUT2D eigenvalue weighted by Gasteiger charge is 2.48. The minimum Gasteiger partial charge on any atom is -0.507 e. The van der Waals surface area contributed by atoms with Crippen molar-refractivity contribution in [1.82, 2.24) is 10.2 Å². The van der Waals surface area contributed by atoms with Gasteiger partial charge in [0.2, 0.25) is 5.13 Å². The molecule has 1 aliphatic heterocycles. The van der Waals surface area contributed by atoms with E-state index >= 15 is 0 Å². The van der Waals surface area contributed by atoms with Crippen molar-refractivity contribution in [2.45, 2.75) is 42.3 Å². The van der Waals surface area contributed by atoms with Crippen molar-refractivity contribution < 1.29 is 19.1 Å². The molecule has 1 atom stereocenters. The number of Topliss-reactive ketones (excluding diaryl/α,β-unsaturated/α-hetero) is 1. The van der Waals surface area contributed by atoms with E-state index < -0.39 is 23.5 Å². The summed E-state index contributed by atoms with van der Waals surface area (Å²) in [6, 6.07) is 19.2. The molecule has 0 saturated carbocycles. The van der Waals surface area contributed by atoms with Gasteiger partial charge < -0.3 is 5.11 Å². The maximum absolute atomic E-state index is 13.6. The van der Waals surface area contributed by atoms with Crippen LogP contribution in [0, 0.1) is 5.82 Å². The molecular weight excluding hydrogens is 569 g/mol. The number of aliphatic hydroxyl groups is 1. The molecule has 1 fully saturated rings. The van der Waals surface area contributed by atoms with Crippen LogP contribution in [0.2, 0.25) is 5.02 Å². The molecule has 0 bridgehead atoms. The SMILES string of the molecule is CC(C)(C)c1ccc(C2/C(=C(/O)c3ccc(F)cc3)C(=O)C(=O)N2c2nnc(SCc3ccccc3Cl)s2)cc1. The first-order valence-corrected chi connectivity index (χ1v) is 14.6. The zero-order valence-corrected chi connectivity index (χ0v) is 24.3. The predicted molar refractivity (Wildman–Crippen MR) is 157 cm³/mol. The minimum absolute atomic E-state index is 0.0967. The molecule has 1 amide bonds. The van der Waals surface area contributed by atoms with E-state index in [0.717, 1.165) is 11.1 Å². The fraction of sp³-hybridized carbons (Fsp3) is 0.200. The average Bonchev–Trinajstić information content (AvgIpc) is 3.50. The number of nitrogens with zero attached hydrogens (tertiary/aromatic N) is 3. The molecule has 4 aromatic rings. The van der Waals surface area contributed by atoms with Gasteiger partial charge in [0.15, 0.2) is 4.34 Å². The summed E-state index contributed by atoms with van der Waals surface area (Å²) in [5.74, 6) is -2.00. The number of hydrogen-bond donors (Lipinski definition) is 1. The van der Waals surface area contributed by atoms with Crippen molar-refractivity contribution in [2.75, 3.05) is 4.90 Å². The lowest BCUT2D eigenvalue weighted by Crippen LogP contribution is -2.29. The van der Waals surface area contributed by atoms with Gasteiger partial charge in [0.1, 0.15) is 11.6 Å². The topological polar surface area (TPSA) is 83.4 Å². The number of carbonyl (C=O) groups is 2. The summed E-state index contributed by atoms with van der Waals surface area (Å²) in [4.78, 5) is 28.1. The number of halogens is 2. The molecule has 5 rings (SSSR count). The van der Waals surface area contributed by atoms with Gasteiger partial charge in [-0.15, -0.1) is 10.2 Å². The minimum atomic E-state index is -0.951. The second-order valence-electron chi connectivity index (χ2n) is 10.3. The van der Waals surface area contributed by atoms with Crippen LogP contribution in [0.4, 0.5) is 9.52 Å². The van der Waals surface area contributed by atoms with Crippen LogP contribution in [-0.2, 0) is 20.8 Å². The van der Waals surface area contributed by atoms with Crippen molar-refractivity contribution in [3.8, 4) is 0 Å². The fourth-order valence-corrected chi connectivity index (χ4v) is 6.54. The number of rotatable bonds is 6. The Kier molecular flexibility index (Phi) is 7.81. The number of aromatic nitrogens is 2. The number of ketones is 1. The van der Waals surface area contributed by atoms with Crippen LogP contribution < -0.4 is 4.90 Å². The van der Waals surface area contributed by atoms with E-state index in [1.807, 2.05) is 48.5 Å². The number of carbonyl (C=O) groups excluding carboxylic acids is 2. The highest BCUT2D eigenvalue weighted by molar-refractivity contribution is 8.00. The molecule has 0 spiro atoms. The molecule has 0 aliphatic carbocycles. The molecule has 204 valence electrons. The first-order chi connectivity index (χ1) is 19.0. The van der Waals surface area contributed by atoms with E-state index in [1.54, 1.807) is 0 Å². The number of hydrogen-bond acceptors (Lipinski definition) is 7. The van der Waals surface area contributed by atoms with Gasteiger partial charge in [-0.2, -0.15) is 0 Å². The third-order valence-electron chi connectivity index (χ3n) is 6.57. The van der Waals surface area contributed by atoms with Gasteiger partial charge >= 0.3 is 5.91 Å². The van der Waals surface area contributed by atoms with Crippen molar-refractivity contribution >= 4 is 57.3 Å². The number of thioether (sulfide) groups is 1. The average molecular weight is 594 g/mol. The maximum Gasteiger partial charge on any atom is 0.301 e. The molecule has 1 saturated heterocycles.